The maximum absolute atomic E-state index is 12.0. The van der Waals surface area contributed by atoms with Crippen LogP contribution in [0, 0.1) is 0 Å². The Balaban J connectivity index is 1.88. The van der Waals surface area contributed by atoms with Crippen molar-refractivity contribution in [3.05, 3.63) is 35.4 Å². The Bertz CT molecular complexity index is 459. The van der Waals surface area contributed by atoms with Crippen LogP contribution in [-0.4, -0.2) is 29.8 Å². The Morgan fingerprint density at radius 1 is 1.44 bits per heavy atom. The number of fused-ring (bicyclic) bond motifs is 1. The molecule has 2 atom stereocenters. The Hall–Kier alpha value is -1.56. The number of carbonyl (C=O) groups excluding carboxylic acids is 1. The van der Waals surface area contributed by atoms with Gasteiger partial charge in [-0.3, -0.25) is 4.79 Å². The summed E-state index contributed by atoms with van der Waals surface area (Å²) in [7, 11) is 0. The molecule has 2 N–H and O–H groups in total. The maximum atomic E-state index is 12.0. The first kappa shape index (κ1) is 12.9. The van der Waals surface area contributed by atoms with Gasteiger partial charge in [-0.2, -0.15) is 13.2 Å². The van der Waals surface area contributed by atoms with Gasteiger partial charge in [0.15, 0.2) is 6.10 Å². The highest BCUT2D eigenvalue weighted by Gasteiger charge is 2.39. The summed E-state index contributed by atoms with van der Waals surface area (Å²) in [5.41, 5.74) is 1.88. The van der Waals surface area contributed by atoms with Gasteiger partial charge in [-0.1, -0.05) is 24.3 Å². The molecule has 0 fully saturated rings. The Kier molecular flexibility index (Phi) is 3.30. The molecule has 18 heavy (non-hydrogen) atoms. The summed E-state index contributed by atoms with van der Waals surface area (Å²) in [5, 5.41) is 10.9. The Morgan fingerprint density at radius 3 is 2.72 bits per heavy atom. The lowest BCUT2D eigenvalue weighted by atomic mass is 9.77. The second-order valence-electron chi connectivity index (χ2n) is 4.26. The number of carbonyl (C=O) groups is 1. The number of aliphatic hydroxyl groups excluding tert-OH is 1. The fourth-order valence-electron chi connectivity index (χ4n) is 1.93. The number of rotatable bonds is 3. The lowest BCUT2D eigenvalue weighted by molar-refractivity contribution is -0.201. The van der Waals surface area contributed by atoms with E-state index in [1.54, 1.807) is 12.1 Å². The smallest absolute Gasteiger partial charge is 0.382 e. The van der Waals surface area contributed by atoms with E-state index in [4.69, 9.17) is 5.11 Å². The molecule has 1 amide bonds. The largest absolute Gasteiger partial charge is 0.416 e. The van der Waals surface area contributed by atoms with Crippen LogP contribution in [0.2, 0.25) is 0 Å². The molecule has 0 bridgehead atoms. The number of hydrogen-bond acceptors (Lipinski definition) is 2. The quantitative estimate of drug-likeness (QED) is 0.861. The monoisotopic (exact) mass is 259 g/mol. The van der Waals surface area contributed by atoms with Crippen molar-refractivity contribution in [3.63, 3.8) is 0 Å². The average molecular weight is 259 g/mol. The first-order valence-corrected chi connectivity index (χ1v) is 5.50. The van der Waals surface area contributed by atoms with Crippen LogP contribution in [0.3, 0.4) is 0 Å². The van der Waals surface area contributed by atoms with Gasteiger partial charge in [0.1, 0.15) is 0 Å². The molecule has 98 valence electrons. The molecule has 1 aromatic rings. The molecule has 0 heterocycles. The lowest BCUT2D eigenvalue weighted by Gasteiger charge is -2.29. The molecule has 0 radical (unpaired) electrons. The molecule has 0 saturated heterocycles. The average Bonchev–Trinajstić information content (AvgIpc) is 2.26. The topological polar surface area (TPSA) is 49.3 Å². The van der Waals surface area contributed by atoms with Crippen molar-refractivity contribution in [2.45, 2.75) is 24.6 Å². The molecule has 1 aliphatic rings. The van der Waals surface area contributed by atoms with Crippen LogP contribution < -0.4 is 5.32 Å². The number of amides is 1. The predicted octanol–water partition coefficient (Wildman–Crippen LogP) is 1.37. The van der Waals surface area contributed by atoms with Crippen LogP contribution in [0.15, 0.2) is 24.3 Å². The van der Waals surface area contributed by atoms with Gasteiger partial charge in [-0.25, -0.2) is 0 Å². The summed E-state index contributed by atoms with van der Waals surface area (Å²) in [5.74, 6) is -0.876. The third-order valence-corrected chi connectivity index (χ3v) is 3.02. The Morgan fingerprint density at radius 2 is 2.11 bits per heavy atom. The highest BCUT2D eigenvalue weighted by atomic mass is 19.4. The molecule has 0 saturated carbocycles. The van der Waals surface area contributed by atoms with Crippen molar-refractivity contribution in [1.82, 2.24) is 5.32 Å². The molecular weight excluding hydrogens is 247 g/mol. The molecule has 0 aliphatic heterocycles. The zero-order valence-corrected chi connectivity index (χ0v) is 9.37. The van der Waals surface area contributed by atoms with Crippen molar-refractivity contribution in [2.24, 2.45) is 0 Å². The normalized spacial score (nSPS) is 19.7. The zero-order chi connectivity index (χ0) is 13.3. The van der Waals surface area contributed by atoms with E-state index < -0.39 is 30.7 Å². The predicted molar refractivity (Wildman–Crippen MR) is 58.0 cm³/mol. The summed E-state index contributed by atoms with van der Waals surface area (Å²) in [6.07, 6.45) is -6.69. The van der Waals surface area contributed by atoms with Gasteiger partial charge in [0.25, 0.3) is 0 Å². The number of benzene rings is 1. The molecule has 3 nitrogen and oxygen atoms in total. The molecule has 0 aromatic heterocycles. The van der Waals surface area contributed by atoms with Gasteiger partial charge < -0.3 is 10.4 Å². The van der Waals surface area contributed by atoms with E-state index in [-0.39, 0.29) is 0 Å². The second kappa shape index (κ2) is 4.61. The first-order chi connectivity index (χ1) is 8.39. The summed E-state index contributed by atoms with van der Waals surface area (Å²) in [6.45, 7) is -0.805. The van der Waals surface area contributed by atoms with Crippen LogP contribution in [-0.2, 0) is 11.2 Å². The molecule has 0 spiro atoms. The highest BCUT2D eigenvalue weighted by Crippen LogP contribution is 2.34. The molecule has 2 rings (SSSR count). The molecular formula is C12H12F3NO2. The lowest BCUT2D eigenvalue weighted by Crippen LogP contribution is -2.43. The minimum atomic E-state index is -4.70. The summed E-state index contributed by atoms with van der Waals surface area (Å²) >= 11 is 0. The van der Waals surface area contributed by atoms with Gasteiger partial charge in [0.05, 0.1) is 12.5 Å². The molecule has 1 aliphatic carbocycles. The van der Waals surface area contributed by atoms with Crippen LogP contribution in [0.5, 0.6) is 0 Å². The van der Waals surface area contributed by atoms with Gasteiger partial charge in [-0.05, 0) is 17.5 Å². The van der Waals surface area contributed by atoms with Crippen LogP contribution in [0.4, 0.5) is 13.2 Å². The van der Waals surface area contributed by atoms with E-state index >= 15 is 0 Å². The van der Waals surface area contributed by atoms with Crippen molar-refractivity contribution in [1.29, 1.82) is 0 Å². The number of alkyl halides is 3. The fraction of sp³-hybridized carbons (Fsp3) is 0.417. The van der Waals surface area contributed by atoms with Gasteiger partial charge in [-0.15, -0.1) is 0 Å². The molecule has 1 aromatic carbocycles. The Labute approximate surface area is 102 Å². The van der Waals surface area contributed by atoms with Gasteiger partial charge in [0.2, 0.25) is 5.91 Å². The zero-order valence-electron chi connectivity index (χ0n) is 9.37. The van der Waals surface area contributed by atoms with E-state index in [2.05, 4.69) is 5.32 Å². The number of aliphatic hydroxyl groups is 1. The van der Waals surface area contributed by atoms with Crippen LogP contribution in [0.25, 0.3) is 0 Å². The van der Waals surface area contributed by atoms with Crippen LogP contribution >= 0.6 is 0 Å². The van der Waals surface area contributed by atoms with E-state index in [0.29, 0.717) is 6.42 Å². The standard InChI is InChI=1S/C12H12F3NO2/c13-12(14,15)10(17)6-16-11(18)9-5-7-3-1-2-4-8(7)9/h1-4,9-10,17H,5-6H2,(H,16,18). The third-order valence-electron chi connectivity index (χ3n) is 3.02. The number of halogens is 3. The van der Waals surface area contributed by atoms with E-state index in [1.165, 1.54) is 0 Å². The molecule has 6 heteroatoms. The van der Waals surface area contributed by atoms with Crippen molar-refractivity contribution >= 4 is 5.91 Å². The highest BCUT2D eigenvalue weighted by molar-refractivity contribution is 5.86. The number of hydrogen-bond donors (Lipinski definition) is 2. The van der Waals surface area contributed by atoms with Crippen molar-refractivity contribution < 1.29 is 23.1 Å². The summed E-state index contributed by atoms with van der Waals surface area (Å²) < 4.78 is 36.1. The maximum Gasteiger partial charge on any atom is 0.416 e. The fourth-order valence-corrected chi connectivity index (χ4v) is 1.93. The van der Waals surface area contributed by atoms with Gasteiger partial charge in [0, 0.05) is 0 Å². The van der Waals surface area contributed by atoms with Gasteiger partial charge >= 0.3 is 6.18 Å². The van der Waals surface area contributed by atoms with Crippen LogP contribution in [0.1, 0.15) is 17.0 Å². The van der Waals surface area contributed by atoms with E-state index in [9.17, 15) is 18.0 Å². The minimum Gasteiger partial charge on any atom is -0.382 e. The van der Waals surface area contributed by atoms with E-state index in [1.807, 2.05) is 12.1 Å². The second-order valence-corrected chi connectivity index (χ2v) is 4.26. The third kappa shape index (κ3) is 2.48. The van der Waals surface area contributed by atoms with E-state index in [0.717, 1.165) is 11.1 Å². The van der Waals surface area contributed by atoms with Crippen molar-refractivity contribution in [3.8, 4) is 0 Å². The first-order valence-electron chi connectivity index (χ1n) is 5.50. The van der Waals surface area contributed by atoms with Crippen molar-refractivity contribution in [2.75, 3.05) is 6.54 Å². The minimum absolute atomic E-state index is 0.401. The summed E-state index contributed by atoms with van der Waals surface area (Å²) in [6, 6.07) is 7.29. The molecule has 2 unspecified atom stereocenters. The SMILES string of the molecule is O=C(NCC(O)C(F)(F)F)C1Cc2ccccc21. The summed E-state index contributed by atoms with van der Waals surface area (Å²) in [4.78, 5) is 11.6. The number of nitrogens with one attached hydrogen (secondary N) is 1.